The quantitative estimate of drug-likeness (QED) is 0.214. The summed E-state index contributed by atoms with van der Waals surface area (Å²) in [5.41, 5.74) is 1.80. The Morgan fingerprint density at radius 1 is 1.04 bits per heavy atom. The molecule has 14 heteroatoms. The Labute approximate surface area is 271 Å². The number of nitrogens with zero attached hydrogens (tertiary/aromatic N) is 5. The van der Waals surface area contributed by atoms with Gasteiger partial charge in [-0.15, -0.1) is 5.10 Å². The molecule has 2 aliphatic heterocycles. The maximum absolute atomic E-state index is 14.3. The average molecular weight is 666 g/mol. The normalized spacial score (nSPS) is 24.2. The van der Waals surface area contributed by atoms with E-state index in [0.29, 0.717) is 16.2 Å². The van der Waals surface area contributed by atoms with Crippen LogP contribution in [0, 0.1) is 17.5 Å². The van der Waals surface area contributed by atoms with Crippen LogP contribution >= 0.6 is 11.6 Å². The number of aromatic nitrogens is 4. The van der Waals surface area contributed by atoms with Crippen molar-refractivity contribution in [3.05, 3.63) is 107 Å². The summed E-state index contributed by atoms with van der Waals surface area (Å²) in [5, 5.41) is 9.52. The van der Waals surface area contributed by atoms with Crippen molar-refractivity contribution in [1.82, 2.24) is 20.0 Å². The third-order valence-corrected chi connectivity index (χ3v) is 8.59. The van der Waals surface area contributed by atoms with Gasteiger partial charge < -0.3 is 23.8 Å². The number of fused-ring (bicyclic) bond motifs is 2. The van der Waals surface area contributed by atoms with Crippen molar-refractivity contribution in [1.29, 1.82) is 0 Å². The van der Waals surface area contributed by atoms with E-state index in [4.69, 9.17) is 30.5 Å². The number of likely N-dealkylation sites (N-methyl/N-ethyl adjacent to an activating group) is 1. The number of hydrogen-bond donors (Lipinski definition) is 0. The minimum Gasteiger partial charge on any atom is -0.376 e. The fraction of sp³-hybridized carbons (Fsp3) is 0.273. The van der Waals surface area contributed by atoms with Crippen LogP contribution < -0.4 is 4.90 Å². The lowest BCUT2D eigenvalue weighted by Gasteiger charge is -2.49. The molecule has 0 N–H and O–H groups in total. The molecule has 0 unspecified atom stereocenters. The number of ether oxygens (including phenoxy) is 4. The van der Waals surface area contributed by atoms with Crippen molar-refractivity contribution in [2.45, 2.75) is 36.7 Å². The van der Waals surface area contributed by atoms with E-state index >= 15 is 0 Å². The Morgan fingerprint density at radius 3 is 2.55 bits per heavy atom. The van der Waals surface area contributed by atoms with Gasteiger partial charge in [0.15, 0.2) is 29.8 Å². The number of amides is 1. The summed E-state index contributed by atoms with van der Waals surface area (Å²) in [6, 6.07) is 17.1. The van der Waals surface area contributed by atoms with Crippen LogP contribution in [0.2, 0.25) is 5.02 Å². The number of pyridine rings is 1. The van der Waals surface area contributed by atoms with Crippen molar-refractivity contribution < 1.29 is 36.9 Å². The number of carbonyl (C=O) groups is 1. The van der Waals surface area contributed by atoms with Gasteiger partial charge in [-0.3, -0.25) is 9.78 Å². The van der Waals surface area contributed by atoms with Gasteiger partial charge in [-0.25, -0.2) is 17.9 Å². The van der Waals surface area contributed by atoms with Crippen molar-refractivity contribution in [2.75, 3.05) is 25.7 Å². The van der Waals surface area contributed by atoms with E-state index in [1.165, 1.54) is 22.9 Å². The van der Waals surface area contributed by atoms with Crippen LogP contribution in [0.4, 0.5) is 18.9 Å². The van der Waals surface area contributed by atoms with Crippen LogP contribution in [0.5, 0.6) is 0 Å². The van der Waals surface area contributed by atoms with E-state index in [9.17, 15) is 18.0 Å². The molecule has 6 atom stereocenters. The Morgan fingerprint density at radius 2 is 1.81 bits per heavy atom. The van der Waals surface area contributed by atoms with E-state index in [0.717, 1.165) is 23.1 Å². The highest BCUT2D eigenvalue weighted by atomic mass is 35.5. The molecular formula is C33H27ClF3N5O5. The summed E-state index contributed by atoms with van der Waals surface area (Å²) in [6.07, 6.45) is -1.48. The summed E-state index contributed by atoms with van der Waals surface area (Å²) in [4.78, 5) is 20.2. The lowest BCUT2D eigenvalue weighted by atomic mass is 9.90. The first kappa shape index (κ1) is 31.2. The molecular weight excluding hydrogens is 639 g/mol. The molecule has 1 amide bonds. The highest BCUT2D eigenvalue weighted by Crippen LogP contribution is 2.41. The fourth-order valence-electron chi connectivity index (χ4n) is 6.10. The predicted octanol–water partition coefficient (Wildman–Crippen LogP) is 5.66. The van der Waals surface area contributed by atoms with Gasteiger partial charge in [0.25, 0.3) is 5.91 Å². The molecule has 3 aromatic carbocycles. The zero-order chi connectivity index (χ0) is 32.8. The smallest absolute Gasteiger partial charge is 0.258 e. The maximum atomic E-state index is 14.3. The van der Waals surface area contributed by atoms with E-state index in [1.54, 1.807) is 31.4 Å². The SMILES string of the molecule is CO[C@@H]1[C@@H](n2cc(-c3cc(F)c(F)c(F)c3)nn2)[C@H]2O[C@@H](c3ccccc3)OC[C@H]2O[C@H]1C(=O)N(C)c1cc(Cl)cc2cccnc12. The van der Waals surface area contributed by atoms with E-state index in [2.05, 4.69) is 15.3 Å². The minimum absolute atomic E-state index is 0.0343. The topological polar surface area (TPSA) is 101 Å². The monoisotopic (exact) mass is 665 g/mol. The number of methoxy groups -OCH3 is 1. The van der Waals surface area contributed by atoms with Gasteiger partial charge in [-0.2, -0.15) is 0 Å². The molecule has 2 fully saturated rings. The Kier molecular flexibility index (Phi) is 8.41. The van der Waals surface area contributed by atoms with E-state index in [-0.39, 0.29) is 17.9 Å². The summed E-state index contributed by atoms with van der Waals surface area (Å²) in [6.45, 7) is 0.0578. The molecule has 2 aliphatic rings. The number of benzene rings is 3. The van der Waals surface area contributed by atoms with Gasteiger partial charge in [0, 0.05) is 41.9 Å². The van der Waals surface area contributed by atoms with Crippen LogP contribution in [0.25, 0.3) is 22.2 Å². The predicted molar refractivity (Wildman–Crippen MR) is 164 cm³/mol. The molecule has 2 saturated heterocycles. The number of hydrogen-bond acceptors (Lipinski definition) is 8. The van der Waals surface area contributed by atoms with Gasteiger partial charge in [0.05, 0.1) is 24.0 Å². The third-order valence-electron chi connectivity index (χ3n) is 8.38. The van der Waals surface area contributed by atoms with Crippen molar-refractivity contribution >= 4 is 34.1 Å². The Hall–Kier alpha value is -4.40. The minimum atomic E-state index is -1.59. The second-order valence-corrected chi connectivity index (χ2v) is 11.6. The lowest BCUT2D eigenvalue weighted by molar-refractivity contribution is -0.314. The largest absolute Gasteiger partial charge is 0.376 e. The molecule has 5 aromatic rings. The molecule has 47 heavy (non-hydrogen) atoms. The molecule has 4 heterocycles. The van der Waals surface area contributed by atoms with Gasteiger partial charge in [-0.1, -0.05) is 53.2 Å². The highest BCUT2D eigenvalue weighted by Gasteiger charge is 2.54. The van der Waals surface area contributed by atoms with Crippen molar-refractivity contribution in [2.24, 2.45) is 0 Å². The third kappa shape index (κ3) is 5.74. The van der Waals surface area contributed by atoms with Gasteiger partial charge in [0.2, 0.25) is 0 Å². The average Bonchev–Trinajstić information content (AvgIpc) is 3.58. The van der Waals surface area contributed by atoms with Crippen LogP contribution in [-0.2, 0) is 23.7 Å². The summed E-state index contributed by atoms with van der Waals surface area (Å²) >= 11 is 6.41. The van der Waals surface area contributed by atoms with E-state index in [1.807, 2.05) is 36.4 Å². The first-order valence-corrected chi connectivity index (χ1v) is 15.0. The van der Waals surface area contributed by atoms with Gasteiger partial charge in [-0.05, 0) is 30.3 Å². The van der Waals surface area contributed by atoms with Crippen molar-refractivity contribution in [3.63, 3.8) is 0 Å². The Balaban J connectivity index is 1.28. The summed E-state index contributed by atoms with van der Waals surface area (Å²) in [5.74, 6) is -4.80. The van der Waals surface area contributed by atoms with Crippen LogP contribution in [0.15, 0.2) is 79.1 Å². The summed E-state index contributed by atoms with van der Waals surface area (Å²) in [7, 11) is 3.01. The van der Waals surface area contributed by atoms with Crippen LogP contribution in [0.1, 0.15) is 17.9 Å². The molecule has 0 bridgehead atoms. The molecule has 10 nitrogen and oxygen atoms in total. The van der Waals surface area contributed by atoms with Gasteiger partial charge >= 0.3 is 0 Å². The first-order valence-electron chi connectivity index (χ1n) is 14.6. The number of rotatable bonds is 6. The first-order chi connectivity index (χ1) is 22.7. The highest BCUT2D eigenvalue weighted by molar-refractivity contribution is 6.32. The zero-order valence-corrected chi connectivity index (χ0v) is 25.7. The standard InChI is InChI=1S/C33H27ClF3N5O5/c1-41(24-14-20(34)11-18-9-6-10-38-27(18)24)32(43)31-30(44-2)28(29-25(46-31)16-45-33(47-29)17-7-4-3-5-8-17)42-15-23(39-40-42)19-12-21(35)26(37)22(36)13-19/h3-15,25,28-31,33H,16H2,1-2H3/t25-,28+,29+,30-,31-,33+/m1/s1. The molecule has 2 aromatic heterocycles. The molecule has 0 radical (unpaired) electrons. The van der Waals surface area contributed by atoms with Gasteiger partial charge in [0.1, 0.15) is 30.0 Å². The van der Waals surface area contributed by atoms with E-state index < -0.39 is 60.1 Å². The number of anilines is 1. The lowest BCUT2D eigenvalue weighted by Crippen LogP contribution is -2.63. The summed E-state index contributed by atoms with van der Waals surface area (Å²) < 4.78 is 68.2. The fourth-order valence-corrected chi connectivity index (χ4v) is 6.33. The Bertz CT molecular complexity index is 1930. The molecule has 0 saturated carbocycles. The number of carbonyl (C=O) groups excluding carboxylic acids is 1. The molecule has 242 valence electrons. The van der Waals surface area contributed by atoms with Crippen molar-refractivity contribution in [3.8, 4) is 11.3 Å². The maximum Gasteiger partial charge on any atom is 0.258 e. The zero-order valence-electron chi connectivity index (χ0n) is 25.0. The second-order valence-electron chi connectivity index (χ2n) is 11.2. The number of halogens is 4. The molecule has 0 aliphatic carbocycles. The van der Waals surface area contributed by atoms with Crippen LogP contribution in [-0.4, -0.2) is 71.1 Å². The molecule has 7 rings (SSSR count). The second kappa shape index (κ2) is 12.7. The van der Waals surface area contributed by atoms with Crippen LogP contribution in [0.3, 0.4) is 0 Å². The molecule has 0 spiro atoms.